The van der Waals surface area contributed by atoms with Crippen molar-refractivity contribution in [2.45, 2.75) is 64.0 Å². The Hall–Kier alpha value is -4.07. The van der Waals surface area contributed by atoms with Crippen LogP contribution in [0.15, 0.2) is 65.5 Å². The molecule has 3 amide bonds. The molecule has 3 N–H and O–H groups in total. The molecule has 3 aromatic rings. The number of rotatable bonds is 6. The van der Waals surface area contributed by atoms with Gasteiger partial charge in [-0.05, 0) is 73.6 Å². The monoisotopic (exact) mass is 539 g/mol. The van der Waals surface area contributed by atoms with Gasteiger partial charge in [-0.25, -0.2) is 4.79 Å². The van der Waals surface area contributed by atoms with E-state index in [9.17, 15) is 14.4 Å². The third kappa shape index (κ3) is 5.48. The highest BCUT2D eigenvalue weighted by molar-refractivity contribution is 6.04. The van der Waals surface area contributed by atoms with Crippen molar-refractivity contribution in [2.24, 2.45) is 5.92 Å². The lowest BCUT2D eigenvalue weighted by Gasteiger charge is -2.44. The Morgan fingerprint density at radius 2 is 1.73 bits per heavy atom. The van der Waals surface area contributed by atoms with E-state index in [0.29, 0.717) is 29.4 Å². The second-order valence-corrected chi connectivity index (χ2v) is 11.4. The van der Waals surface area contributed by atoms with Crippen LogP contribution in [-0.2, 0) is 13.0 Å². The van der Waals surface area contributed by atoms with Gasteiger partial charge in [0.2, 0.25) is 0 Å². The molecule has 2 aliphatic heterocycles. The Balaban J connectivity index is 1.27. The summed E-state index contributed by atoms with van der Waals surface area (Å²) in [6, 6.07) is 18.8. The third-order valence-electron chi connectivity index (χ3n) is 8.64. The van der Waals surface area contributed by atoms with Crippen molar-refractivity contribution in [2.75, 3.05) is 28.6 Å². The van der Waals surface area contributed by atoms with Gasteiger partial charge in [0.15, 0.2) is 0 Å². The zero-order valence-electron chi connectivity index (χ0n) is 23.0. The highest BCUT2D eigenvalue weighted by Crippen LogP contribution is 2.39. The topological polar surface area (TPSA) is 95.5 Å². The van der Waals surface area contributed by atoms with Gasteiger partial charge in [-0.15, -0.1) is 0 Å². The fourth-order valence-electron chi connectivity index (χ4n) is 6.59. The maximum atomic E-state index is 13.1. The van der Waals surface area contributed by atoms with E-state index in [1.165, 1.54) is 5.56 Å². The van der Waals surface area contributed by atoms with Gasteiger partial charge in [-0.2, -0.15) is 0 Å². The number of nitrogens with one attached hydrogen (secondary N) is 3. The number of amides is 3. The standard InChI is InChI=1S/C32H37N5O3/c1-2-21-10-13-26(14-11-21)34-32(40)35-27-17-23(31(39)33-25-6-3-4-7-25)12-15-29(27)36-18-22-16-24(20-36)28-8-5-9-30(38)37(28)19-22/h5,8-15,17,22,24-25H,2-4,6-7,16,18-20H2,1H3,(H,33,39)(H2,34,35,40). The molecule has 8 heteroatoms. The molecular formula is C32H37N5O3. The first kappa shape index (κ1) is 26.2. The first-order chi connectivity index (χ1) is 19.5. The van der Waals surface area contributed by atoms with E-state index in [1.807, 2.05) is 47.0 Å². The van der Waals surface area contributed by atoms with Crippen molar-refractivity contribution in [1.29, 1.82) is 0 Å². The highest BCUT2D eigenvalue weighted by Gasteiger charge is 2.35. The van der Waals surface area contributed by atoms with Gasteiger partial charge < -0.3 is 25.4 Å². The molecule has 8 nitrogen and oxygen atoms in total. The van der Waals surface area contributed by atoms with Gasteiger partial charge in [0, 0.05) is 54.6 Å². The first-order valence-electron chi connectivity index (χ1n) is 14.5. The largest absolute Gasteiger partial charge is 0.369 e. The van der Waals surface area contributed by atoms with Crippen molar-refractivity contribution < 1.29 is 9.59 Å². The Morgan fingerprint density at radius 1 is 0.925 bits per heavy atom. The Bertz CT molecular complexity index is 1460. The van der Waals surface area contributed by atoms with Gasteiger partial charge in [0.05, 0.1) is 11.4 Å². The molecule has 0 spiro atoms. The van der Waals surface area contributed by atoms with Crippen molar-refractivity contribution in [3.05, 3.63) is 87.8 Å². The highest BCUT2D eigenvalue weighted by atomic mass is 16.2. The lowest BCUT2D eigenvalue weighted by Crippen LogP contribution is -2.47. The zero-order valence-corrected chi connectivity index (χ0v) is 23.0. The number of aryl methyl sites for hydroxylation is 1. The average Bonchev–Trinajstić information content (AvgIpc) is 3.47. The van der Waals surface area contributed by atoms with Crippen LogP contribution < -0.4 is 26.4 Å². The Morgan fingerprint density at radius 3 is 2.50 bits per heavy atom. The summed E-state index contributed by atoms with van der Waals surface area (Å²) in [5.74, 6) is 0.446. The maximum Gasteiger partial charge on any atom is 0.323 e. The minimum Gasteiger partial charge on any atom is -0.369 e. The Kier molecular flexibility index (Phi) is 7.32. The number of carbonyl (C=O) groups is 2. The minimum atomic E-state index is -0.354. The first-order valence-corrected chi connectivity index (χ1v) is 14.5. The molecule has 2 unspecified atom stereocenters. The molecule has 1 aromatic heterocycles. The van der Waals surface area contributed by atoms with Crippen LogP contribution in [0.5, 0.6) is 0 Å². The predicted octanol–water partition coefficient (Wildman–Crippen LogP) is 5.35. The van der Waals surface area contributed by atoms with Crippen LogP contribution in [0.3, 0.4) is 0 Å². The molecule has 208 valence electrons. The van der Waals surface area contributed by atoms with E-state index in [-0.39, 0.29) is 29.5 Å². The fraction of sp³-hybridized carbons (Fsp3) is 0.406. The molecule has 2 aromatic carbocycles. The molecule has 2 atom stereocenters. The van der Waals surface area contributed by atoms with Crippen molar-refractivity contribution in [1.82, 2.24) is 9.88 Å². The number of hydrogen-bond acceptors (Lipinski definition) is 4. The van der Waals surface area contributed by atoms with Crippen molar-refractivity contribution >= 4 is 29.0 Å². The summed E-state index contributed by atoms with van der Waals surface area (Å²) >= 11 is 0. The van der Waals surface area contributed by atoms with Crippen LogP contribution >= 0.6 is 0 Å². The summed E-state index contributed by atoms with van der Waals surface area (Å²) in [6.07, 6.45) is 6.27. The van der Waals surface area contributed by atoms with E-state index in [1.54, 1.807) is 12.1 Å². The smallest absolute Gasteiger partial charge is 0.323 e. The van der Waals surface area contributed by atoms with Crippen LogP contribution in [0.25, 0.3) is 0 Å². The number of hydrogen-bond donors (Lipinski definition) is 3. The van der Waals surface area contributed by atoms with E-state index in [2.05, 4.69) is 33.8 Å². The van der Waals surface area contributed by atoms with E-state index in [0.717, 1.165) is 63.0 Å². The van der Waals surface area contributed by atoms with Crippen LogP contribution in [0, 0.1) is 5.92 Å². The zero-order chi connectivity index (χ0) is 27.6. The molecule has 40 heavy (non-hydrogen) atoms. The summed E-state index contributed by atoms with van der Waals surface area (Å²) in [5, 5.41) is 9.13. The summed E-state index contributed by atoms with van der Waals surface area (Å²) in [7, 11) is 0. The summed E-state index contributed by atoms with van der Waals surface area (Å²) in [6.45, 7) is 4.31. The number of benzene rings is 2. The third-order valence-corrected chi connectivity index (χ3v) is 8.64. The van der Waals surface area contributed by atoms with Gasteiger partial charge in [-0.3, -0.25) is 9.59 Å². The Labute approximate surface area is 234 Å². The fourth-order valence-corrected chi connectivity index (χ4v) is 6.59. The second kappa shape index (κ2) is 11.2. The molecule has 6 rings (SSSR count). The van der Waals surface area contributed by atoms with Crippen molar-refractivity contribution in [3.63, 3.8) is 0 Å². The molecule has 0 radical (unpaired) electrons. The molecule has 2 fully saturated rings. The molecular weight excluding hydrogens is 502 g/mol. The number of carbonyl (C=O) groups excluding carboxylic acids is 2. The minimum absolute atomic E-state index is 0.0595. The van der Waals surface area contributed by atoms with Gasteiger partial charge in [-0.1, -0.05) is 38.0 Å². The van der Waals surface area contributed by atoms with Gasteiger partial charge in [0.1, 0.15) is 0 Å². The number of fused-ring (bicyclic) bond motifs is 4. The quantitative estimate of drug-likeness (QED) is 0.394. The lowest BCUT2D eigenvalue weighted by atomic mass is 9.83. The number of pyridine rings is 1. The molecule has 3 heterocycles. The van der Waals surface area contributed by atoms with E-state index in [4.69, 9.17) is 0 Å². The van der Waals surface area contributed by atoms with Crippen LogP contribution in [0.4, 0.5) is 21.9 Å². The number of urea groups is 1. The number of piperidine rings is 1. The second-order valence-electron chi connectivity index (χ2n) is 11.4. The predicted molar refractivity (Wildman–Crippen MR) is 158 cm³/mol. The van der Waals surface area contributed by atoms with Crippen LogP contribution in [0.1, 0.15) is 66.6 Å². The summed E-state index contributed by atoms with van der Waals surface area (Å²) < 4.78 is 1.92. The average molecular weight is 540 g/mol. The summed E-state index contributed by atoms with van der Waals surface area (Å²) in [4.78, 5) is 41.1. The molecule has 1 aliphatic carbocycles. The van der Waals surface area contributed by atoms with Gasteiger partial charge >= 0.3 is 6.03 Å². The number of aromatic nitrogens is 1. The molecule has 1 saturated heterocycles. The number of nitrogens with zero attached hydrogens (tertiary/aromatic N) is 2. The SMILES string of the molecule is CCc1ccc(NC(=O)Nc2cc(C(=O)NC3CCCC3)ccc2N2CC3CC(C2)c2cccc(=O)n2C3)cc1. The molecule has 2 bridgehead atoms. The summed E-state index contributed by atoms with van der Waals surface area (Å²) in [5.41, 5.74) is 5.07. The van der Waals surface area contributed by atoms with Crippen molar-refractivity contribution in [3.8, 4) is 0 Å². The van der Waals surface area contributed by atoms with E-state index >= 15 is 0 Å². The van der Waals surface area contributed by atoms with Crippen LogP contribution in [-0.4, -0.2) is 35.6 Å². The van der Waals surface area contributed by atoms with Gasteiger partial charge in [0.25, 0.3) is 11.5 Å². The molecule has 3 aliphatic rings. The van der Waals surface area contributed by atoms with Crippen LogP contribution in [0.2, 0.25) is 0 Å². The maximum absolute atomic E-state index is 13.1. The van der Waals surface area contributed by atoms with E-state index < -0.39 is 0 Å². The lowest BCUT2D eigenvalue weighted by molar-refractivity contribution is 0.0938. The number of anilines is 3. The normalized spacial score (nSPS) is 20.1. The molecule has 1 saturated carbocycles.